The van der Waals surface area contributed by atoms with Crippen molar-refractivity contribution in [3.63, 3.8) is 0 Å². The van der Waals surface area contributed by atoms with E-state index in [-0.39, 0.29) is 11.8 Å². The standard InChI is InChI=1S/C19H18N2O2/c1-20-19(23)21-18(14-8-3-2-4-9-14)17-15-10-6-5-7-13(15)11-12-16(17)22/h2-12,18,22H,1H3,(H2,20,21,23). The lowest BCUT2D eigenvalue weighted by Gasteiger charge is -2.22. The van der Waals surface area contributed by atoms with Crippen LogP contribution >= 0.6 is 0 Å². The lowest BCUT2D eigenvalue weighted by molar-refractivity contribution is 0.240. The molecule has 4 nitrogen and oxygen atoms in total. The van der Waals surface area contributed by atoms with Gasteiger partial charge in [-0.05, 0) is 22.4 Å². The first-order valence-corrected chi connectivity index (χ1v) is 7.44. The minimum Gasteiger partial charge on any atom is -0.508 e. The number of nitrogens with one attached hydrogen (secondary N) is 2. The number of carbonyl (C=O) groups excluding carboxylic acids is 1. The van der Waals surface area contributed by atoms with Crippen molar-refractivity contribution in [1.82, 2.24) is 10.6 Å². The Kier molecular flexibility index (Phi) is 4.15. The molecule has 0 aliphatic rings. The van der Waals surface area contributed by atoms with Gasteiger partial charge in [-0.1, -0.05) is 60.7 Å². The van der Waals surface area contributed by atoms with Gasteiger partial charge in [0.05, 0.1) is 6.04 Å². The monoisotopic (exact) mass is 306 g/mol. The number of hydrogen-bond donors (Lipinski definition) is 3. The number of phenolic OH excluding ortho intramolecular Hbond substituents is 1. The number of aromatic hydroxyl groups is 1. The summed E-state index contributed by atoms with van der Waals surface area (Å²) in [6.45, 7) is 0. The van der Waals surface area contributed by atoms with Crippen LogP contribution in [0.15, 0.2) is 66.7 Å². The summed E-state index contributed by atoms with van der Waals surface area (Å²) < 4.78 is 0. The maximum atomic E-state index is 11.9. The average molecular weight is 306 g/mol. The fourth-order valence-electron chi connectivity index (χ4n) is 2.76. The van der Waals surface area contributed by atoms with Crippen LogP contribution < -0.4 is 10.6 Å². The third-order valence-corrected chi connectivity index (χ3v) is 3.87. The zero-order valence-electron chi connectivity index (χ0n) is 12.8. The molecule has 0 fully saturated rings. The molecule has 23 heavy (non-hydrogen) atoms. The van der Waals surface area contributed by atoms with Crippen LogP contribution in [0.1, 0.15) is 17.2 Å². The number of benzene rings is 3. The van der Waals surface area contributed by atoms with Gasteiger partial charge in [-0.3, -0.25) is 0 Å². The summed E-state index contributed by atoms with van der Waals surface area (Å²) >= 11 is 0. The van der Waals surface area contributed by atoms with E-state index in [0.29, 0.717) is 5.56 Å². The molecule has 116 valence electrons. The first-order chi connectivity index (χ1) is 11.2. The molecule has 1 atom stereocenters. The highest BCUT2D eigenvalue weighted by atomic mass is 16.3. The quantitative estimate of drug-likeness (QED) is 0.693. The molecular formula is C19H18N2O2. The van der Waals surface area contributed by atoms with E-state index in [1.165, 1.54) is 0 Å². The highest BCUT2D eigenvalue weighted by Crippen LogP contribution is 2.35. The Bertz CT molecular complexity index is 831. The van der Waals surface area contributed by atoms with Crippen molar-refractivity contribution >= 4 is 16.8 Å². The van der Waals surface area contributed by atoms with Gasteiger partial charge in [0.15, 0.2) is 0 Å². The van der Waals surface area contributed by atoms with Gasteiger partial charge >= 0.3 is 6.03 Å². The minimum absolute atomic E-state index is 0.161. The Morgan fingerprint density at radius 3 is 2.39 bits per heavy atom. The smallest absolute Gasteiger partial charge is 0.315 e. The Morgan fingerprint density at radius 2 is 1.65 bits per heavy atom. The summed E-state index contributed by atoms with van der Waals surface area (Å²) in [4.78, 5) is 11.9. The van der Waals surface area contributed by atoms with Crippen molar-refractivity contribution in [3.8, 4) is 5.75 Å². The summed E-state index contributed by atoms with van der Waals surface area (Å²) in [5.41, 5.74) is 1.60. The van der Waals surface area contributed by atoms with Crippen LogP contribution in [0.2, 0.25) is 0 Å². The van der Waals surface area contributed by atoms with Crippen LogP contribution in [0.25, 0.3) is 10.8 Å². The van der Waals surface area contributed by atoms with Crippen molar-refractivity contribution < 1.29 is 9.90 Å². The third kappa shape index (κ3) is 2.97. The molecule has 2 amide bonds. The van der Waals surface area contributed by atoms with Crippen LogP contribution in [-0.2, 0) is 0 Å². The van der Waals surface area contributed by atoms with Crippen LogP contribution in [0.3, 0.4) is 0 Å². The van der Waals surface area contributed by atoms with Gasteiger partial charge in [0.25, 0.3) is 0 Å². The van der Waals surface area contributed by atoms with E-state index in [9.17, 15) is 9.90 Å². The van der Waals surface area contributed by atoms with Crippen molar-refractivity contribution in [3.05, 3.63) is 77.9 Å². The molecule has 0 aliphatic heterocycles. The molecule has 3 aromatic rings. The first-order valence-electron chi connectivity index (χ1n) is 7.44. The zero-order valence-corrected chi connectivity index (χ0v) is 12.8. The number of hydrogen-bond acceptors (Lipinski definition) is 2. The molecule has 4 heteroatoms. The average Bonchev–Trinajstić information content (AvgIpc) is 2.60. The van der Waals surface area contributed by atoms with Gasteiger partial charge in [-0.25, -0.2) is 4.79 Å². The van der Waals surface area contributed by atoms with E-state index >= 15 is 0 Å². The Hall–Kier alpha value is -3.01. The molecule has 0 radical (unpaired) electrons. The molecular weight excluding hydrogens is 288 g/mol. The summed E-state index contributed by atoms with van der Waals surface area (Å²) in [6.07, 6.45) is 0. The van der Waals surface area contributed by atoms with Gasteiger partial charge < -0.3 is 15.7 Å². The van der Waals surface area contributed by atoms with Crippen molar-refractivity contribution in [2.45, 2.75) is 6.04 Å². The highest BCUT2D eigenvalue weighted by Gasteiger charge is 2.21. The number of carbonyl (C=O) groups is 1. The second-order valence-electron chi connectivity index (χ2n) is 5.29. The number of urea groups is 1. The largest absolute Gasteiger partial charge is 0.508 e. The molecule has 0 saturated heterocycles. The predicted octanol–water partition coefficient (Wildman–Crippen LogP) is 3.56. The van der Waals surface area contributed by atoms with E-state index in [1.807, 2.05) is 60.7 Å². The van der Waals surface area contributed by atoms with Crippen LogP contribution in [0.4, 0.5) is 4.79 Å². The molecule has 0 aromatic heterocycles. The van der Waals surface area contributed by atoms with Gasteiger partial charge in [-0.2, -0.15) is 0 Å². The van der Waals surface area contributed by atoms with E-state index in [1.54, 1.807) is 13.1 Å². The summed E-state index contributed by atoms with van der Waals surface area (Å²) in [6, 6.07) is 20.2. The second-order valence-corrected chi connectivity index (χ2v) is 5.29. The summed E-state index contributed by atoms with van der Waals surface area (Å²) in [5.74, 6) is 0.161. The van der Waals surface area contributed by atoms with Gasteiger partial charge in [-0.15, -0.1) is 0 Å². The van der Waals surface area contributed by atoms with E-state index in [2.05, 4.69) is 10.6 Å². The van der Waals surface area contributed by atoms with Crippen LogP contribution in [0, 0.1) is 0 Å². The minimum atomic E-state index is -0.442. The highest BCUT2D eigenvalue weighted by molar-refractivity contribution is 5.89. The maximum absolute atomic E-state index is 11.9. The third-order valence-electron chi connectivity index (χ3n) is 3.87. The molecule has 0 aliphatic carbocycles. The van der Waals surface area contributed by atoms with Crippen molar-refractivity contribution in [2.24, 2.45) is 0 Å². The molecule has 0 bridgehead atoms. The van der Waals surface area contributed by atoms with E-state index in [0.717, 1.165) is 16.3 Å². The van der Waals surface area contributed by atoms with Crippen molar-refractivity contribution in [1.29, 1.82) is 0 Å². The summed E-state index contributed by atoms with van der Waals surface area (Å²) in [7, 11) is 1.57. The van der Waals surface area contributed by atoms with E-state index < -0.39 is 6.04 Å². The summed E-state index contributed by atoms with van der Waals surface area (Å²) in [5, 5.41) is 17.9. The van der Waals surface area contributed by atoms with Gasteiger partial charge in [0.1, 0.15) is 5.75 Å². The molecule has 3 N–H and O–H groups in total. The zero-order chi connectivity index (χ0) is 16.2. The lowest BCUT2D eigenvalue weighted by Crippen LogP contribution is -2.36. The van der Waals surface area contributed by atoms with Crippen LogP contribution in [0.5, 0.6) is 5.75 Å². The van der Waals surface area contributed by atoms with Crippen molar-refractivity contribution in [2.75, 3.05) is 7.05 Å². The molecule has 3 rings (SSSR count). The molecule has 1 unspecified atom stereocenters. The normalized spacial score (nSPS) is 11.9. The SMILES string of the molecule is CNC(=O)NC(c1ccccc1)c1c(O)ccc2ccccc12. The number of phenols is 1. The first kappa shape index (κ1) is 14.9. The van der Waals surface area contributed by atoms with E-state index in [4.69, 9.17) is 0 Å². The Balaban J connectivity index is 2.21. The number of amides is 2. The second kappa shape index (κ2) is 6.40. The topological polar surface area (TPSA) is 61.4 Å². The van der Waals surface area contributed by atoms with Gasteiger partial charge in [0.2, 0.25) is 0 Å². The number of fused-ring (bicyclic) bond motifs is 1. The fourth-order valence-corrected chi connectivity index (χ4v) is 2.76. The molecule has 3 aromatic carbocycles. The molecule has 0 heterocycles. The lowest BCUT2D eigenvalue weighted by atomic mass is 9.93. The fraction of sp³-hybridized carbons (Fsp3) is 0.105. The Morgan fingerprint density at radius 1 is 0.957 bits per heavy atom. The Labute approximate surface area is 134 Å². The molecule has 0 spiro atoms. The number of rotatable bonds is 3. The van der Waals surface area contributed by atoms with Gasteiger partial charge in [0, 0.05) is 12.6 Å². The van der Waals surface area contributed by atoms with Crippen LogP contribution in [-0.4, -0.2) is 18.2 Å². The maximum Gasteiger partial charge on any atom is 0.315 e. The molecule has 0 saturated carbocycles. The predicted molar refractivity (Wildman–Crippen MR) is 91.5 cm³/mol.